The Morgan fingerprint density at radius 1 is 1.17 bits per heavy atom. The first-order valence-electron chi connectivity index (χ1n) is 7.05. The molecule has 0 bridgehead atoms. The average molecular weight is 402 g/mol. The third kappa shape index (κ3) is 3.20. The summed E-state index contributed by atoms with van der Waals surface area (Å²) in [6, 6.07) is 14.6. The second-order valence-electron chi connectivity index (χ2n) is 4.99. The average Bonchev–Trinajstić information content (AvgIpc) is 3.21. The van der Waals surface area contributed by atoms with Gasteiger partial charge >= 0.3 is 0 Å². The molecule has 3 aromatic heterocycles. The Kier molecular flexibility index (Phi) is 4.20. The van der Waals surface area contributed by atoms with Crippen molar-refractivity contribution >= 4 is 44.5 Å². The van der Waals surface area contributed by atoms with Crippen molar-refractivity contribution in [2.24, 2.45) is 0 Å². The van der Waals surface area contributed by atoms with Gasteiger partial charge in [-0.15, -0.1) is 11.3 Å². The van der Waals surface area contributed by atoms with E-state index in [4.69, 9.17) is 0 Å². The van der Waals surface area contributed by atoms with E-state index in [9.17, 15) is 0 Å². The van der Waals surface area contributed by atoms with Crippen molar-refractivity contribution in [3.63, 3.8) is 0 Å². The van der Waals surface area contributed by atoms with E-state index in [1.54, 1.807) is 29.3 Å². The van der Waals surface area contributed by atoms with Crippen LogP contribution in [0.3, 0.4) is 0 Å². The first-order valence-corrected chi connectivity index (χ1v) is 9.71. The Morgan fingerprint density at radius 3 is 2.96 bits per heavy atom. The molecule has 3 nitrogen and oxygen atoms in total. The Bertz CT molecular complexity index is 948. The highest BCUT2D eigenvalue weighted by atomic mass is 79.9. The minimum Gasteiger partial charge on any atom is -0.246 e. The van der Waals surface area contributed by atoms with Crippen LogP contribution >= 0.6 is 39.0 Å². The van der Waals surface area contributed by atoms with Crippen LogP contribution in [-0.2, 0) is 5.75 Å². The molecule has 114 valence electrons. The predicted octanol–water partition coefficient (Wildman–Crippen LogP) is 5.51. The number of rotatable bonds is 4. The van der Waals surface area contributed by atoms with Crippen LogP contribution < -0.4 is 0 Å². The number of fused-ring (bicyclic) bond motifs is 1. The van der Waals surface area contributed by atoms with Crippen LogP contribution in [0.2, 0.25) is 0 Å². The molecule has 0 saturated heterocycles. The molecule has 0 spiro atoms. The zero-order chi connectivity index (χ0) is 15.6. The first kappa shape index (κ1) is 14.9. The number of benzene rings is 1. The van der Waals surface area contributed by atoms with E-state index in [1.807, 2.05) is 22.8 Å². The number of thioether (sulfide) groups is 1. The fraction of sp³-hybridized carbons (Fsp3) is 0.0588. The van der Waals surface area contributed by atoms with Gasteiger partial charge in [0.2, 0.25) is 0 Å². The van der Waals surface area contributed by atoms with Crippen LogP contribution in [0.5, 0.6) is 0 Å². The number of halogens is 1. The maximum atomic E-state index is 4.65. The molecule has 0 N–H and O–H groups in total. The fourth-order valence-electron chi connectivity index (χ4n) is 2.33. The van der Waals surface area contributed by atoms with Crippen molar-refractivity contribution in [2.45, 2.75) is 10.8 Å². The molecule has 0 unspecified atom stereocenters. The maximum Gasteiger partial charge on any atom is 0.122 e. The molecular formula is C17H12BrN3S2. The Morgan fingerprint density at radius 2 is 2.13 bits per heavy atom. The highest BCUT2D eigenvalue weighted by Crippen LogP contribution is 2.30. The topological polar surface area (TPSA) is 30.2 Å². The minimum atomic E-state index is 0.881. The Labute approximate surface area is 150 Å². The standard InChI is InChI=1S/C17H12BrN3S2/c18-13-4-1-3-12(9-13)11-23-17-15-10-14(16-5-2-8-22-16)20-21(15)7-6-19-17/h1-10H,11H2. The Hall–Kier alpha value is -1.63. The molecule has 0 aliphatic rings. The van der Waals surface area contributed by atoms with Gasteiger partial charge in [-0.25, -0.2) is 9.50 Å². The van der Waals surface area contributed by atoms with Gasteiger partial charge in [-0.2, -0.15) is 5.10 Å². The molecule has 23 heavy (non-hydrogen) atoms. The lowest BCUT2D eigenvalue weighted by atomic mass is 10.2. The summed E-state index contributed by atoms with van der Waals surface area (Å²) in [4.78, 5) is 5.71. The maximum absolute atomic E-state index is 4.65. The third-order valence-corrected chi connectivity index (χ3v) is 5.84. The van der Waals surface area contributed by atoms with Crippen LogP contribution in [-0.4, -0.2) is 14.6 Å². The van der Waals surface area contributed by atoms with Crippen molar-refractivity contribution in [1.29, 1.82) is 0 Å². The number of nitrogens with zero attached hydrogens (tertiary/aromatic N) is 3. The summed E-state index contributed by atoms with van der Waals surface area (Å²) in [6.07, 6.45) is 3.71. The quantitative estimate of drug-likeness (QED) is 0.422. The molecule has 0 atom stereocenters. The molecule has 4 rings (SSSR count). The minimum absolute atomic E-state index is 0.881. The van der Waals surface area contributed by atoms with E-state index in [-0.39, 0.29) is 0 Å². The summed E-state index contributed by atoms with van der Waals surface area (Å²) in [6.45, 7) is 0. The van der Waals surface area contributed by atoms with Gasteiger partial charge in [0.1, 0.15) is 10.7 Å². The molecule has 0 aliphatic heterocycles. The van der Waals surface area contributed by atoms with E-state index < -0.39 is 0 Å². The molecule has 4 aromatic rings. The molecule has 1 aromatic carbocycles. The van der Waals surface area contributed by atoms with Crippen molar-refractivity contribution < 1.29 is 0 Å². The van der Waals surface area contributed by atoms with E-state index in [2.05, 4.69) is 61.7 Å². The van der Waals surface area contributed by atoms with Crippen LogP contribution in [0, 0.1) is 0 Å². The lowest BCUT2D eigenvalue weighted by Crippen LogP contribution is -1.91. The molecule has 0 fully saturated rings. The SMILES string of the molecule is Brc1cccc(CSc2nccn3nc(-c4cccs4)cc23)c1. The van der Waals surface area contributed by atoms with Gasteiger partial charge in [0, 0.05) is 22.6 Å². The van der Waals surface area contributed by atoms with Crippen molar-refractivity contribution in [1.82, 2.24) is 14.6 Å². The molecule has 3 heterocycles. The van der Waals surface area contributed by atoms with Crippen LogP contribution in [0.1, 0.15) is 5.56 Å². The molecule has 0 radical (unpaired) electrons. The number of thiophene rings is 1. The van der Waals surface area contributed by atoms with E-state index in [1.165, 1.54) is 10.4 Å². The summed E-state index contributed by atoms with van der Waals surface area (Å²) in [5.41, 5.74) is 3.32. The van der Waals surface area contributed by atoms with E-state index >= 15 is 0 Å². The summed E-state index contributed by atoms with van der Waals surface area (Å²) in [5.74, 6) is 0.881. The van der Waals surface area contributed by atoms with E-state index in [0.29, 0.717) is 0 Å². The van der Waals surface area contributed by atoms with Crippen LogP contribution in [0.15, 0.2) is 69.7 Å². The molecule has 0 saturated carbocycles. The monoisotopic (exact) mass is 401 g/mol. The molecule has 0 amide bonds. The van der Waals surface area contributed by atoms with Crippen LogP contribution in [0.4, 0.5) is 0 Å². The fourth-order valence-corrected chi connectivity index (χ4v) is 4.38. The van der Waals surface area contributed by atoms with Gasteiger partial charge in [0.15, 0.2) is 0 Å². The molecule has 6 heteroatoms. The number of aromatic nitrogens is 3. The second kappa shape index (κ2) is 6.47. The lowest BCUT2D eigenvalue weighted by Gasteiger charge is -2.03. The summed E-state index contributed by atoms with van der Waals surface area (Å²) < 4.78 is 3.01. The third-order valence-electron chi connectivity index (χ3n) is 3.39. The normalized spacial score (nSPS) is 11.2. The number of hydrogen-bond acceptors (Lipinski definition) is 4. The summed E-state index contributed by atoms with van der Waals surface area (Å²) >= 11 is 6.95. The second-order valence-corrected chi connectivity index (χ2v) is 7.82. The zero-order valence-electron chi connectivity index (χ0n) is 12.0. The van der Waals surface area contributed by atoms with E-state index in [0.717, 1.165) is 26.5 Å². The van der Waals surface area contributed by atoms with Gasteiger partial charge in [-0.05, 0) is 35.2 Å². The van der Waals surface area contributed by atoms with Gasteiger partial charge in [0.05, 0.1) is 10.4 Å². The van der Waals surface area contributed by atoms with Crippen molar-refractivity contribution in [3.8, 4) is 10.6 Å². The largest absolute Gasteiger partial charge is 0.246 e. The highest BCUT2D eigenvalue weighted by molar-refractivity contribution is 9.10. The summed E-state index contributed by atoms with van der Waals surface area (Å²) in [5, 5.41) is 7.72. The Balaban J connectivity index is 1.64. The highest BCUT2D eigenvalue weighted by Gasteiger charge is 2.10. The van der Waals surface area contributed by atoms with Gasteiger partial charge in [0.25, 0.3) is 0 Å². The van der Waals surface area contributed by atoms with Crippen molar-refractivity contribution in [3.05, 3.63) is 70.3 Å². The lowest BCUT2D eigenvalue weighted by molar-refractivity contribution is 0.921. The smallest absolute Gasteiger partial charge is 0.122 e. The predicted molar refractivity (Wildman–Crippen MR) is 100 cm³/mol. The van der Waals surface area contributed by atoms with Gasteiger partial charge in [-0.1, -0.05) is 45.9 Å². The zero-order valence-corrected chi connectivity index (χ0v) is 15.2. The van der Waals surface area contributed by atoms with Gasteiger partial charge in [-0.3, -0.25) is 0 Å². The van der Waals surface area contributed by atoms with Crippen LogP contribution in [0.25, 0.3) is 16.1 Å². The van der Waals surface area contributed by atoms with Gasteiger partial charge < -0.3 is 0 Å². The molecular weight excluding hydrogens is 390 g/mol. The number of hydrogen-bond donors (Lipinski definition) is 0. The summed E-state index contributed by atoms with van der Waals surface area (Å²) in [7, 11) is 0. The van der Waals surface area contributed by atoms with Crippen molar-refractivity contribution in [2.75, 3.05) is 0 Å². The molecule has 0 aliphatic carbocycles. The first-order chi connectivity index (χ1) is 11.3.